The van der Waals surface area contributed by atoms with Crippen molar-refractivity contribution in [3.63, 3.8) is 0 Å². The highest BCUT2D eigenvalue weighted by Gasteiger charge is 2.37. The van der Waals surface area contributed by atoms with Crippen molar-refractivity contribution in [1.29, 1.82) is 0 Å². The van der Waals surface area contributed by atoms with Gasteiger partial charge in [-0.1, -0.05) is 0 Å². The summed E-state index contributed by atoms with van der Waals surface area (Å²) in [4.78, 5) is 10.5. The number of nitrogens with two attached hydrogens (primary N) is 1. The summed E-state index contributed by atoms with van der Waals surface area (Å²) in [6, 6.07) is -0.175. The van der Waals surface area contributed by atoms with Crippen LogP contribution in [-0.4, -0.2) is 48.2 Å². The van der Waals surface area contributed by atoms with Crippen LogP contribution >= 0.6 is 0 Å². The highest BCUT2D eigenvalue weighted by molar-refractivity contribution is 7.90. The highest BCUT2D eigenvalue weighted by atomic mass is 32.2. The molecule has 7 heteroatoms. The lowest BCUT2D eigenvalue weighted by molar-refractivity contribution is -0.136. The quantitative estimate of drug-likeness (QED) is 0.626. The first-order valence-corrected chi connectivity index (χ1v) is 5.83. The zero-order valence-corrected chi connectivity index (χ0v) is 8.70. The molecular formula is C7H14N2O4S. The molecule has 14 heavy (non-hydrogen) atoms. The zero-order valence-electron chi connectivity index (χ0n) is 7.88. The molecule has 1 heterocycles. The van der Waals surface area contributed by atoms with Crippen LogP contribution in [0.4, 0.5) is 0 Å². The van der Waals surface area contributed by atoms with Crippen molar-refractivity contribution in [3.8, 4) is 0 Å². The SMILES string of the molecule is CC(C(=O)O)S(=O)(=O)N1CC[C@@H](N)C1. The molecule has 0 aromatic carbocycles. The maximum atomic E-state index is 11.6. The van der Waals surface area contributed by atoms with E-state index in [1.165, 1.54) is 6.92 Å². The molecule has 0 saturated carbocycles. The van der Waals surface area contributed by atoms with E-state index in [9.17, 15) is 13.2 Å². The van der Waals surface area contributed by atoms with Crippen LogP contribution in [0.5, 0.6) is 0 Å². The van der Waals surface area contributed by atoms with E-state index in [4.69, 9.17) is 10.8 Å². The molecule has 0 aromatic rings. The first-order valence-electron chi connectivity index (χ1n) is 4.33. The van der Waals surface area contributed by atoms with Crippen molar-refractivity contribution in [2.45, 2.75) is 24.6 Å². The number of rotatable bonds is 3. The second-order valence-corrected chi connectivity index (χ2v) is 5.69. The minimum Gasteiger partial charge on any atom is -0.480 e. The number of carboxylic acids is 1. The third-order valence-corrected chi connectivity index (χ3v) is 4.49. The average molecular weight is 222 g/mol. The number of carboxylic acid groups (broad SMARTS) is 1. The van der Waals surface area contributed by atoms with Gasteiger partial charge in [0.15, 0.2) is 5.25 Å². The number of sulfonamides is 1. The van der Waals surface area contributed by atoms with E-state index in [2.05, 4.69) is 0 Å². The van der Waals surface area contributed by atoms with Crippen molar-refractivity contribution < 1.29 is 18.3 Å². The third kappa shape index (κ3) is 2.05. The summed E-state index contributed by atoms with van der Waals surface area (Å²) in [7, 11) is -3.72. The second kappa shape index (κ2) is 3.84. The van der Waals surface area contributed by atoms with Gasteiger partial charge in [-0.15, -0.1) is 0 Å². The Morgan fingerprint density at radius 3 is 2.57 bits per heavy atom. The molecule has 0 aromatic heterocycles. The number of nitrogens with zero attached hydrogens (tertiary/aromatic N) is 1. The number of hydrogen-bond donors (Lipinski definition) is 2. The van der Waals surface area contributed by atoms with Gasteiger partial charge in [0.1, 0.15) is 0 Å². The van der Waals surface area contributed by atoms with E-state index in [1.807, 2.05) is 0 Å². The van der Waals surface area contributed by atoms with Gasteiger partial charge in [-0.05, 0) is 13.3 Å². The van der Waals surface area contributed by atoms with E-state index < -0.39 is 21.2 Å². The highest BCUT2D eigenvalue weighted by Crippen LogP contribution is 2.16. The summed E-state index contributed by atoms with van der Waals surface area (Å²) in [5.41, 5.74) is 5.54. The summed E-state index contributed by atoms with van der Waals surface area (Å²) in [6.45, 7) is 1.71. The Morgan fingerprint density at radius 2 is 2.21 bits per heavy atom. The summed E-state index contributed by atoms with van der Waals surface area (Å²) < 4.78 is 24.4. The largest absolute Gasteiger partial charge is 0.480 e. The molecule has 0 radical (unpaired) electrons. The van der Waals surface area contributed by atoms with Crippen LogP contribution < -0.4 is 5.73 Å². The Bertz CT molecular complexity index is 327. The maximum absolute atomic E-state index is 11.6. The molecule has 0 spiro atoms. The van der Waals surface area contributed by atoms with Crippen LogP contribution in [0.1, 0.15) is 13.3 Å². The molecule has 0 aliphatic carbocycles. The van der Waals surface area contributed by atoms with Gasteiger partial charge >= 0.3 is 5.97 Å². The summed E-state index contributed by atoms with van der Waals surface area (Å²) in [5.74, 6) is -1.33. The van der Waals surface area contributed by atoms with E-state index >= 15 is 0 Å². The summed E-state index contributed by atoms with van der Waals surface area (Å²) >= 11 is 0. The minimum atomic E-state index is -3.72. The van der Waals surface area contributed by atoms with Crippen LogP contribution in [0.25, 0.3) is 0 Å². The van der Waals surface area contributed by atoms with Gasteiger partial charge < -0.3 is 10.8 Å². The van der Waals surface area contributed by atoms with Gasteiger partial charge in [-0.25, -0.2) is 8.42 Å². The van der Waals surface area contributed by atoms with Crippen LogP contribution in [0.3, 0.4) is 0 Å². The lowest BCUT2D eigenvalue weighted by Crippen LogP contribution is -2.40. The second-order valence-electron chi connectivity index (χ2n) is 3.43. The molecule has 1 fully saturated rings. The fourth-order valence-electron chi connectivity index (χ4n) is 1.34. The molecule has 1 aliphatic heterocycles. The molecule has 82 valence electrons. The topological polar surface area (TPSA) is 101 Å². The predicted octanol–water partition coefficient (Wildman–Crippen LogP) is -1.18. The average Bonchev–Trinajstić information content (AvgIpc) is 2.50. The standard InChI is InChI=1S/C7H14N2O4S/c1-5(7(10)11)14(12,13)9-3-2-6(8)4-9/h5-6H,2-4,8H2,1H3,(H,10,11)/t5?,6-/m1/s1. The normalized spacial score (nSPS) is 26.3. The van der Waals surface area contributed by atoms with Gasteiger partial charge in [0.05, 0.1) is 0 Å². The maximum Gasteiger partial charge on any atom is 0.323 e. The van der Waals surface area contributed by atoms with Crippen molar-refractivity contribution in [3.05, 3.63) is 0 Å². The predicted molar refractivity (Wildman–Crippen MR) is 50.2 cm³/mol. The van der Waals surface area contributed by atoms with Crippen molar-refractivity contribution in [2.75, 3.05) is 13.1 Å². The van der Waals surface area contributed by atoms with Gasteiger partial charge in [0.25, 0.3) is 0 Å². The zero-order chi connectivity index (χ0) is 10.9. The van der Waals surface area contributed by atoms with Crippen LogP contribution in [0.2, 0.25) is 0 Å². The lowest BCUT2D eigenvalue weighted by Gasteiger charge is -2.18. The summed E-state index contributed by atoms with van der Waals surface area (Å²) in [5, 5.41) is 7.21. The molecule has 0 bridgehead atoms. The van der Waals surface area contributed by atoms with Gasteiger partial charge in [-0.3, -0.25) is 4.79 Å². The number of aliphatic carboxylic acids is 1. The first kappa shape index (κ1) is 11.4. The first-order chi connectivity index (χ1) is 6.35. The van der Waals surface area contributed by atoms with Crippen LogP contribution in [0, 0.1) is 0 Å². The van der Waals surface area contributed by atoms with Gasteiger partial charge in [0.2, 0.25) is 10.0 Å². The van der Waals surface area contributed by atoms with E-state index in [0.29, 0.717) is 13.0 Å². The Kier molecular flexibility index (Phi) is 3.13. The Hall–Kier alpha value is -0.660. The Morgan fingerprint density at radius 1 is 1.64 bits per heavy atom. The van der Waals surface area contributed by atoms with E-state index in [0.717, 1.165) is 4.31 Å². The minimum absolute atomic E-state index is 0.175. The fraction of sp³-hybridized carbons (Fsp3) is 0.857. The van der Waals surface area contributed by atoms with Crippen LogP contribution in [-0.2, 0) is 14.8 Å². The third-order valence-electron chi connectivity index (χ3n) is 2.34. The Labute approximate surface area is 82.7 Å². The smallest absolute Gasteiger partial charge is 0.323 e. The van der Waals surface area contributed by atoms with Crippen molar-refractivity contribution in [1.82, 2.24) is 4.31 Å². The molecule has 0 amide bonds. The van der Waals surface area contributed by atoms with E-state index in [1.54, 1.807) is 0 Å². The number of hydrogen-bond acceptors (Lipinski definition) is 4. The van der Waals surface area contributed by atoms with E-state index in [-0.39, 0.29) is 12.6 Å². The molecule has 1 unspecified atom stereocenters. The van der Waals surface area contributed by atoms with Crippen LogP contribution in [0.15, 0.2) is 0 Å². The van der Waals surface area contributed by atoms with Crippen molar-refractivity contribution >= 4 is 16.0 Å². The lowest BCUT2D eigenvalue weighted by atomic mass is 10.3. The molecular weight excluding hydrogens is 208 g/mol. The number of carbonyl (C=O) groups is 1. The molecule has 1 rings (SSSR count). The Balaban J connectivity index is 2.81. The molecule has 3 N–H and O–H groups in total. The molecule has 6 nitrogen and oxygen atoms in total. The molecule has 2 atom stereocenters. The van der Waals surface area contributed by atoms with Gasteiger partial charge in [0, 0.05) is 19.1 Å². The molecule has 1 aliphatic rings. The summed E-state index contributed by atoms with van der Waals surface area (Å²) in [6.07, 6.45) is 0.589. The molecule has 1 saturated heterocycles. The van der Waals surface area contributed by atoms with Gasteiger partial charge in [-0.2, -0.15) is 4.31 Å². The fourth-order valence-corrected chi connectivity index (χ4v) is 2.80. The monoisotopic (exact) mass is 222 g/mol. The van der Waals surface area contributed by atoms with Crippen molar-refractivity contribution in [2.24, 2.45) is 5.73 Å².